The van der Waals surface area contributed by atoms with E-state index < -0.39 is 11.6 Å². The van der Waals surface area contributed by atoms with Crippen LogP contribution in [-0.4, -0.2) is 34.9 Å². The fraction of sp³-hybridized carbons (Fsp3) is 0.333. The number of carbonyl (C=O) groups is 2. The monoisotopic (exact) mass is 472 g/mol. The van der Waals surface area contributed by atoms with Crippen molar-refractivity contribution < 1.29 is 14.3 Å². The summed E-state index contributed by atoms with van der Waals surface area (Å²) in [6.45, 7) is 10.0. The van der Waals surface area contributed by atoms with Crippen molar-refractivity contribution in [1.29, 1.82) is 0 Å². The van der Waals surface area contributed by atoms with Crippen molar-refractivity contribution in [2.75, 3.05) is 6.61 Å². The smallest absolute Gasteiger partial charge is 0.261 e. The molecule has 0 fully saturated rings. The van der Waals surface area contributed by atoms with Crippen molar-refractivity contribution in [2.45, 2.75) is 59.2 Å². The minimum absolute atomic E-state index is 0.150. The Labute approximate surface area is 209 Å². The van der Waals surface area contributed by atoms with Crippen LogP contribution < -0.4 is 10.1 Å². The molecule has 35 heavy (non-hydrogen) atoms. The molecule has 1 N–H and O–H groups in total. The van der Waals surface area contributed by atoms with E-state index in [1.165, 1.54) is 0 Å². The third kappa shape index (κ3) is 8.29. The zero-order valence-corrected chi connectivity index (χ0v) is 21.4. The Balaban J connectivity index is 1.92. The standard InChI is InChI=1S/C30H36N2O3/c1-22-14-16-26(17-15-22)35-21-28(33)32(20-25-13-9-10-23(2)18-25)27(29(34)31-30(3,4)5)19-24-11-7-6-8-12-24/h6-18,27H,19-21H2,1-5H3,(H,31,34). The Hall–Kier alpha value is -3.60. The number of benzene rings is 3. The lowest BCUT2D eigenvalue weighted by Gasteiger charge is -2.33. The maximum atomic E-state index is 13.6. The van der Waals surface area contributed by atoms with Crippen LogP contribution in [0.25, 0.3) is 0 Å². The highest BCUT2D eigenvalue weighted by Gasteiger charge is 2.32. The molecule has 0 saturated carbocycles. The number of nitrogens with one attached hydrogen (secondary N) is 1. The van der Waals surface area contributed by atoms with E-state index in [2.05, 4.69) is 5.32 Å². The summed E-state index contributed by atoms with van der Waals surface area (Å²) in [6, 6.07) is 24.7. The molecule has 0 saturated heterocycles. The van der Waals surface area contributed by atoms with Crippen molar-refractivity contribution in [3.8, 4) is 5.75 Å². The van der Waals surface area contributed by atoms with Crippen molar-refractivity contribution in [1.82, 2.24) is 10.2 Å². The Morgan fingerprint density at radius 1 is 0.857 bits per heavy atom. The average Bonchev–Trinajstić information content (AvgIpc) is 2.80. The minimum atomic E-state index is -0.689. The van der Waals surface area contributed by atoms with Gasteiger partial charge in [0, 0.05) is 18.5 Å². The lowest BCUT2D eigenvalue weighted by atomic mass is 10.0. The summed E-state index contributed by atoms with van der Waals surface area (Å²) >= 11 is 0. The number of hydrogen-bond acceptors (Lipinski definition) is 3. The minimum Gasteiger partial charge on any atom is -0.484 e. The molecule has 1 unspecified atom stereocenters. The second-order valence-corrected chi connectivity index (χ2v) is 10.1. The number of amides is 2. The zero-order valence-electron chi connectivity index (χ0n) is 21.4. The third-order valence-electron chi connectivity index (χ3n) is 5.59. The van der Waals surface area contributed by atoms with Crippen LogP contribution in [0.4, 0.5) is 0 Å². The molecular weight excluding hydrogens is 436 g/mol. The van der Waals surface area contributed by atoms with Crippen LogP contribution in [0, 0.1) is 13.8 Å². The van der Waals surface area contributed by atoms with Gasteiger partial charge in [-0.1, -0.05) is 77.9 Å². The predicted molar refractivity (Wildman–Crippen MR) is 140 cm³/mol. The van der Waals surface area contributed by atoms with Gasteiger partial charge in [-0.25, -0.2) is 0 Å². The van der Waals surface area contributed by atoms with E-state index in [1.54, 1.807) is 4.90 Å². The van der Waals surface area contributed by atoms with Crippen LogP contribution in [0.2, 0.25) is 0 Å². The SMILES string of the molecule is Cc1ccc(OCC(=O)N(Cc2cccc(C)c2)C(Cc2ccccc2)C(=O)NC(C)(C)C)cc1. The summed E-state index contributed by atoms with van der Waals surface area (Å²) in [5.74, 6) is 0.202. The first kappa shape index (κ1) is 26.0. The predicted octanol–water partition coefficient (Wildman–Crippen LogP) is 5.24. The molecule has 184 valence electrons. The molecule has 0 spiro atoms. The highest BCUT2D eigenvalue weighted by atomic mass is 16.5. The van der Waals surface area contributed by atoms with Crippen LogP contribution in [0.1, 0.15) is 43.0 Å². The molecule has 2 amide bonds. The van der Waals surface area contributed by atoms with E-state index in [9.17, 15) is 9.59 Å². The topological polar surface area (TPSA) is 58.6 Å². The summed E-state index contributed by atoms with van der Waals surface area (Å²) in [5, 5.41) is 3.08. The average molecular weight is 473 g/mol. The maximum absolute atomic E-state index is 13.6. The Morgan fingerprint density at radius 3 is 2.14 bits per heavy atom. The molecule has 3 aromatic carbocycles. The second-order valence-electron chi connectivity index (χ2n) is 10.1. The number of hydrogen-bond donors (Lipinski definition) is 1. The lowest BCUT2D eigenvalue weighted by Crippen LogP contribution is -2.55. The van der Waals surface area contributed by atoms with E-state index >= 15 is 0 Å². The first-order valence-corrected chi connectivity index (χ1v) is 12.0. The van der Waals surface area contributed by atoms with Gasteiger partial charge < -0.3 is 15.0 Å². The van der Waals surface area contributed by atoms with Crippen molar-refractivity contribution in [3.63, 3.8) is 0 Å². The highest BCUT2D eigenvalue weighted by Crippen LogP contribution is 2.18. The summed E-state index contributed by atoms with van der Waals surface area (Å²) in [5.41, 5.74) is 3.75. The molecule has 5 nitrogen and oxygen atoms in total. The van der Waals surface area contributed by atoms with E-state index in [4.69, 9.17) is 4.74 Å². The van der Waals surface area contributed by atoms with Gasteiger partial charge in [0.05, 0.1) is 0 Å². The Bertz CT molecular complexity index is 1120. The van der Waals surface area contributed by atoms with Gasteiger partial charge >= 0.3 is 0 Å². The molecular formula is C30H36N2O3. The number of aryl methyl sites for hydroxylation is 2. The molecule has 0 bridgehead atoms. The van der Waals surface area contributed by atoms with Gasteiger partial charge in [0.15, 0.2) is 6.61 Å². The lowest BCUT2D eigenvalue weighted by molar-refractivity contribution is -0.143. The van der Waals surface area contributed by atoms with E-state index in [1.807, 2.05) is 113 Å². The van der Waals surface area contributed by atoms with Gasteiger partial charge in [-0.05, 0) is 57.9 Å². The van der Waals surface area contributed by atoms with Crippen LogP contribution in [0.15, 0.2) is 78.9 Å². The normalized spacial score (nSPS) is 12.0. The number of ether oxygens (including phenoxy) is 1. The molecule has 0 aliphatic heterocycles. The van der Waals surface area contributed by atoms with E-state index in [0.29, 0.717) is 18.7 Å². The van der Waals surface area contributed by atoms with Gasteiger partial charge in [-0.15, -0.1) is 0 Å². The number of nitrogens with zero attached hydrogens (tertiary/aromatic N) is 1. The summed E-state index contributed by atoms with van der Waals surface area (Å²) in [6.07, 6.45) is 0.408. The fourth-order valence-corrected chi connectivity index (χ4v) is 3.88. The first-order chi connectivity index (χ1) is 16.6. The van der Waals surface area contributed by atoms with Crippen molar-refractivity contribution in [2.24, 2.45) is 0 Å². The Morgan fingerprint density at radius 2 is 1.51 bits per heavy atom. The van der Waals surface area contributed by atoms with Crippen LogP contribution in [0.5, 0.6) is 5.75 Å². The van der Waals surface area contributed by atoms with Crippen molar-refractivity contribution in [3.05, 3.63) is 101 Å². The zero-order chi connectivity index (χ0) is 25.4. The van der Waals surface area contributed by atoms with Crippen molar-refractivity contribution >= 4 is 11.8 Å². The molecule has 0 aliphatic rings. The highest BCUT2D eigenvalue weighted by molar-refractivity contribution is 5.89. The summed E-state index contributed by atoms with van der Waals surface area (Å²) < 4.78 is 5.82. The second kappa shape index (κ2) is 11.7. The van der Waals surface area contributed by atoms with Crippen LogP contribution in [0.3, 0.4) is 0 Å². The fourth-order valence-electron chi connectivity index (χ4n) is 3.88. The maximum Gasteiger partial charge on any atom is 0.261 e. The quantitative estimate of drug-likeness (QED) is 0.464. The number of carbonyl (C=O) groups excluding carboxylic acids is 2. The summed E-state index contributed by atoms with van der Waals surface area (Å²) in [7, 11) is 0. The molecule has 0 aliphatic carbocycles. The molecule has 3 aromatic rings. The van der Waals surface area contributed by atoms with Crippen LogP contribution in [-0.2, 0) is 22.6 Å². The number of rotatable bonds is 9. The Kier molecular flexibility index (Phi) is 8.69. The van der Waals surface area contributed by atoms with E-state index in [-0.39, 0.29) is 18.4 Å². The molecule has 0 heterocycles. The molecule has 0 radical (unpaired) electrons. The van der Waals surface area contributed by atoms with Gasteiger partial charge in [0.1, 0.15) is 11.8 Å². The van der Waals surface area contributed by atoms with Gasteiger partial charge in [-0.2, -0.15) is 0 Å². The van der Waals surface area contributed by atoms with Crippen LogP contribution >= 0.6 is 0 Å². The molecule has 5 heteroatoms. The first-order valence-electron chi connectivity index (χ1n) is 12.0. The summed E-state index contributed by atoms with van der Waals surface area (Å²) in [4.78, 5) is 28.8. The van der Waals surface area contributed by atoms with E-state index in [0.717, 1.165) is 22.3 Å². The van der Waals surface area contributed by atoms with Gasteiger partial charge in [-0.3, -0.25) is 9.59 Å². The van der Waals surface area contributed by atoms with Gasteiger partial charge in [0.25, 0.3) is 5.91 Å². The third-order valence-corrected chi connectivity index (χ3v) is 5.59. The molecule has 3 rings (SSSR count). The molecule has 1 atom stereocenters. The van der Waals surface area contributed by atoms with Gasteiger partial charge in [0.2, 0.25) is 5.91 Å². The molecule has 0 aromatic heterocycles. The largest absolute Gasteiger partial charge is 0.484 e.